The number of rotatable bonds is 4. The third kappa shape index (κ3) is 3.16. The van der Waals surface area contributed by atoms with Gasteiger partial charge in [-0.15, -0.1) is 0 Å². The van der Waals surface area contributed by atoms with Crippen LogP contribution in [0.4, 0.5) is 0 Å². The van der Waals surface area contributed by atoms with Crippen LogP contribution in [0.2, 0.25) is 0 Å². The monoisotopic (exact) mass is 266 g/mol. The van der Waals surface area contributed by atoms with Crippen LogP contribution in [0, 0.1) is 11.8 Å². The average molecular weight is 266 g/mol. The van der Waals surface area contributed by atoms with E-state index in [9.17, 15) is 0 Å². The molecular formula is C17H34N2. The van der Waals surface area contributed by atoms with Crippen molar-refractivity contribution in [1.29, 1.82) is 0 Å². The Morgan fingerprint density at radius 2 is 1.95 bits per heavy atom. The summed E-state index contributed by atoms with van der Waals surface area (Å²) in [6, 6.07) is 0.805. The fourth-order valence-corrected chi connectivity index (χ4v) is 4.58. The van der Waals surface area contributed by atoms with E-state index in [1.807, 2.05) is 0 Å². The van der Waals surface area contributed by atoms with E-state index in [0.717, 1.165) is 24.4 Å². The first-order valence-electron chi connectivity index (χ1n) is 8.60. The van der Waals surface area contributed by atoms with Gasteiger partial charge in [0, 0.05) is 18.1 Å². The van der Waals surface area contributed by atoms with E-state index in [0.29, 0.717) is 5.54 Å². The van der Waals surface area contributed by atoms with E-state index >= 15 is 0 Å². The largest absolute Gasteiger partial charge is 0.329 e. The fraction of sp³-hybridized carbons (Fsp3) is 1.00. The first-order valence-corrected chi connectivity index (χ1v) is 8.60. The van der Waals surface area contributed by atoms with Crippen molar-refractivity contribution >= 4 is 0 Å². The zero-order valence-electron chi connectivity index (χ0n) is 13.3. The lowest BCUT2D eigenvalue weighted by Gasteiger charge is -2.44. The molecule has 0 amide bonds. The molecule has 2 rings (SSSR count). The number of hydrogen-bond donors (Lipinski definition) is 1. The summed E-state index contributed by atoms with van der Waals surface area (Å²) < 4.78 is 0. The fourth-order valence-electron chi connectivity index (χ4n) is 4.58. The third-order valence-corrected chi connectivity index (χ3v) is 5.98. The zero-order valence-corrected chi connectivity index (χ0v) is 13.3. The van der Waals surface area contributed by atoms with E-state index in [1.165, 1.54) is 57.9 Å². The highest BCUT2D eigenvalue weighted by Gasteiger charge is 2.42. The third-order valence-electron chi connectivity index (χ3n) is 5.98. The highest BCUT2D eigenvalue weighted by atomic mass is 15.2. The molecule has 19 heavy (non-hydrogen) atoms. The van der Waals surface area contributed by atoms with E-state index < -0.39 is 0 Å². The van der Waals surface area contributed by atoms with Gasteiger partial charge in [-0.1, -0.05) is 33.6 Å². The summed E-state index contributed by atoms with van der Waals surface area (Å²) >= 11 is 0. The van der Waals surface area contributed by atoms with Gasteiger partial charge in [0.15, 0.2) is 0 Å². The Balaban J connectivity index is 2.09. The van der Waals surface area contributed by atoms with Crippen molar-refractivity contribution in [2.45, 2.75) is 83.7 Å². The van der Waals surface area contributed by atoms with Gasteiger partial charge in [0.1, 0.15) is 0 Å². The summed E-state index contributed by atoms with van der Waals surface area (Å²) in [7, 11) is 0. The van der Waals surface area contributed by atoms with Crippen LogP contribution >= 0.6 is 0 Å². The minimum absolute atomic E-state index is 0.334. The van der Waals surface area contributed by atoms with Gasteiger partial charge in [0.05, 0.1) is 0 Å². The van der Waals surface area contributed by atoms with Gasteiger partial charge in [0.25, 0.3) is 0 Å². The van der Waals surface area contributed by atoms with Gasteiger partial charge in [-0.2, -0.15) is 0 Å². The van der Waals surface area contributed by atoms with Crippen LogP contribution in [-0.2, 0) is 0 Å². The molecule has 2 aliphatic rings. The average Bonchev–Trinajstić information content (AvgIpc) is 2.78. The van der Waals surface area contributed by atoms with Gasteiger partial charge in [-0.3, -0.25) is 4.90 Å². The van der Waals surface area contributed by atoms with Crippen LogP contribution in [0.1, 0.15) is 72.1 Å². The van der Waals surface area contributed by atoms with Crippen molar-refractivity contribution < 1.29 is 0 Å². The Kier molecular flexibility index (Phi) is 5.30. The maximum absolute atomic E-state index is 6.28. The molecule has 112 valence electrons. The summed E-state index contributed by atoms with van der Waals surface area (Å²) in [6.07, 6.45) is 10.9. The topological polar surface area (TPSA) is 29.3 Å². The van der Waals surface area contributed by atoms with Crippen molar-refractivity contribution in [3.63, 3.8) is 0 Å². The number of nitrogens with two attached hydrogens (primary N) is 1. The predicted octanol–water partition coefficient (Wildman–Crippen LogP) is 3.79. The van der Waals surface area contributed by atoms with Crippen molar-refractivity contribution in [2.24, 2.45) is 17.6 Å². The molecule has 0 aromatic heterocycles. The molecule has 0 spiro atoms. The van der Waals surface area contributed by atoms with Gasteiger partial charge in [-0.25, -0.2) is 0 Å². The van der Waals surface area contributed by atoms with Crippen LogP contribution in [0.5, 0.6) is 0 Å². The standard InChI is InChI=1S/C17H34N2/c1-4-16-8-6-12-19(16)17(13-18)10-5-7-15(9-11-17)14(2)3/h14-16H,4-13,18H2,1-3H3. The minimum atomic E-state index is 0.334. The second-order valence-electron chi connectivity index (χ2n) is 7.26. The Morgan fingerprint density at radius 3 is 2.58 bits per heavy atom. The zero-order chi connectivity index (χ0) is 13.9. The number of hydrogen-bond acceptors (Lipinski definition) is 2. The van der Waals surface area contributed by atoms with Gasteiger partial charge < -0.3 is 5.73 Å². The van der Waals surface area contributed by atoms with Crippen LogP contribution in [0.15, 0.2) is 0 Å². The van der Waals surface area contributed by atoms with Crippen molar-refractivity contribution in [3.05, 3.63) is 0 Å². The van der Waals surface area contributed by atoms with E-state index in [4.69, 9.17) is 5.73 Å². The lowest BCUT2D eigenvalue weighted by molar-refractivity contribution is 0.0619. The molecule has 0 aromatic rings. The van der Waals surface area contributed by atoms with E-state index in [1.54, 1.807) is 0 Å². The molecule has 0 radical (unpaired) electrons. The minimum Gasteiger partial charge on any atom is -0.329 e. The summed E-state index contributed by atoms with van der Waals surface area (Å²) in [5, 5.41) is 0. The molecule has 0 aromatic carbocycles. The highest BCUT2D eigenvalue weighted by Crippen LogP contribution is 2.40. The molecule has 2 N–H and O–H groups in total. The van der Waals surface area contributed by atoms with E-state index in [-0.39, 0.29) is 0 Å². The molecule has 1 aliphatic carbocycles. The molecule has 3 atom stereocenters. The molecular weight excluding hydrogens is 232 g/mol. The lowest BCUT2D eigenvalue weighted by Crippen LogP contribution is -2.55. The quantitative estimate of drug-likeness (QED) is 0.784. The first-order chi connectivity index (χ1) is 9.13. The van der Waals surface area contributed by atoms with Gasteiger partial charge >= 0.3 is 0 Å². The summed E-state index contributed by atoms with van der Waals surface area (Å²) in [6.45, 7) is 9.30. The summed E-state index contributed by atoms with van der Waals surface area (Å²) in [5.41, 5.74) is 6.62. The van der Waals surface area contributed by atoms with Crippen molar-refractivity contribution in [1.82, 2.24) is 4.90 Å². The van der Waals surface area contributed by atoms with Gasteiger partial charge in [-0.05, 0) is 56.9 Å². The maximum Gasteiger partial charge on any atom is 0.0334 e. The predicted molar refractivity (Wildman–Crippen MR) is 83.2 cm³/mol. The molecule has 1 saturated carbocycles. The molecule has 1 saturated heterocycles. The van der Waals surface area contributed by atoms with Crippen LogP contribution < -0.4 is 5.73 Å². The molecule has 2 nitrogen and oxygen atoms in total. The molecule has 2 fully saturated rings. The van der Waals surface area contributed by atoms with Crippen LogP contribution in [0.3, 0.4) is 0 Å². The van der Waals surface area contributed by atoms with Crippen molar-refractivity contribution in [3.8, 4) is 0 Å². The second-order valence-corrected chi connectivity index (χ2v) is 7.26. The van der Waals surface area contributed by atoms with Crippen LogP contribution in [-0.4, -0.2) is 29.6 Å². The summed E-state index contributed by atoms with van der Waals surface area (Å²) in [4.78, 5) is 2.82. The normalized spacial score (nSPS) is 37.7. The molecule has 1 aliphatic heterocycles. The highest BCUT2D eigenvalue weighted by molar-refractivity contribution is 4.99. The lowest BCUT2D eigenvalue weighted by atomic mass is 9.85. The van der Waals surface area contributed by atoms with E-state index in [2.05, 4.69) is 25.7 Å². The second kappa shape index (κ2) is 6.58. The molecule has 3 unspecified atom stereocenters. The van der Waals surface area contributed by atoms with Gasteiger partial charge in [0.2, 0.25) is 0 Å². The number of likely N-dealkylation sites (tertiary alicyclic amines) is 1. The maximum atomic E-state index is 6.28. The SMILES string of the molecule is CCC1CCCN1C1(CN)CCCC(C(C)C)CC1. The first kappa shape index (κ1) is 15.3. The Bertz CT molecular complexity index is 276. The molecule has 2 heteroatoms. The summed E-state index contributed by atoms with van der Waals surface area (Å²) in [5.74, 6) is 1.77. The molecule has 1 heterocycles. The Hall–Kier alpha value is -0.0800. The van der Waals surface area contributed by atoms with Crippen molar-refractivity contribution in [2.75, 3.05) is 13.1 Å². The number of nitrogens with zero attached hydrogens (tertiary/aromatic N) is 1. The Morgan fingerprint density at radius 1 is 1.16 bits per heavy atom. The molecule has 0 bridgehead atoms. The Labute approximate surface area is 120 Å². The van der Waals surface area contributed by atoms with Crippen LogP contribution in [0.25, 0.3) is 0 Å². The smallest absolute Gasteiger partial charge is 0.0334 e.